The molecule has 0 spiro atoms. The molecule has 1 aromatic carbocycles. The molecule has 0 unspecified atom stereocenters. The second-order valence-electron chi connectivity index (χ2n) is 5.19. The molecule has 2 aromatic rings. The lowest BCUT2D eigenvalue weighted by Gasteiger charge is -2.03. The van der Waals surface area contributed by atoms with Crippen molar-refractivity contribution in [3.05, 3.63) is 42.4 Å². The second kappa shape index (κ2) is 8.73. The van der Waals surface area contributed by atoms with Crippen molar-refractivity contribution >= 4 is 11.9 Å². The number of aliphatic carboxylic acids is 1. The maximum Gasteiger partial charge on any atom is 0.303 e. The number of aryl methyl sites for hydroxylation is 1. The summed E-state index contributed by atoms with van der Waals surface area (Å²) in [5, 5.41) is 11.3. The first-order chi connectivity index (χ1) is 11.1. The molecule has 1 aromatic heterocycles. The van der Waals surface area contributed by atoms with Gasteiger partial charge in [0.25, 0.3) is 0 Å². The summed E-state index contributed by atoms with van der Waals surface area (Å²) in [6.45, 7) is 0.493. The third-order valence-electron chi connectivity index (χ3n) is 3.32. The molecule has 0 radical (unpaired) electrons. The number of benzene rings is 1. The molecular weight excluding hydrogens is 296 g/mol. The Bertz CT molecular complexity index is 637. The zero-order valence-electron chi connectivity index (χ0n) is 12.8. The molecule has 1 heterocycles. The number of hydrogen-bond acceptors (Lipinski definition) is 4. The number of carbonyl (C=O) groups is 2. The van der Waals surface area contributed by atoms with Crippen LogP contribution in [0.25, 0.3) is 11.3 Å². The van der Waals surface area contributed by atoms with Crippen molar-refractivity contribution < 1.29 is 19.1 Å². The minimum absolute atomic E-state index is 0.0835. The van der Waals surface area contributed by atoms with E-state index in [4.69, 9.17) is 9.52 Å². The minimum Gasteiger partial charge on any atom is -0.481 e. The molecule has 0 saturated carbocycles. The Morgan fingerprint density at radius 2 is 1.91 bits per heavy atom. The van der Waals surface area contributed by atoms with Crippen molar-refractivity contribution in [2.45, 2.75) is 32.1 Å². The second-order valence-corrected chi connectivity index (χ2v) is 5.19. The van der Waals surface area contributed by atoms with Gasteiger partial charge in [0.2, 0.25) is 5.91 Å². The highest BCUT2D eigenvalue weighted by atomic mass is 16.4. The van der Waals surface area contributed by atoms with Crippen LogP contribution >= 0.6 is 0 Å². The number of nitrogens with one attached hydrogen (secondary N) is 1. The molecule has 0 aliphatic carbocycles. The lowest BCUT2D eigenvalue weighted by Crippen LogP contribution is -2.24. The van der Waals surface area contributed by atoms with Crippen LogP contribution < -0.4 is 5.32 Å². The predicted octanol–water partition coefficient (Wildman–Crippen LogP) is 2.65. The third kappa shape index (κ3) is 5.94. The Balaban J connectivity index is 1.69. The zero-order valence-corrected chi connectivity index (χ0v) is 12.8. The lowest BCUT2D eigenvalue weighted by molar-refractivity contribution is -0.137. The quantitative estimate of drug-likeness (QED) is 0.694. The van der Waals surface area contributed by atoms with E-state index in [1.807, 2.05) is 30.3 Å². The van der Waals surface area contributed by atoms with Gasteiger partial charge < -0.3 is 14.8 Å². The van der Waals surface area contributed by atoms with Gasteiger partial charge in [-0.25, -0.2) is 4.98 Å². The standard InChI is InChI=1S/C17H20N2O4/c20-15(18-11-5-4-8-17(21)22)9-10-16-19-12-14(23-16)13-6-2-1-3-7-13/h1-3,6-7,12H,4-5,8-11H2,(H,18,20)(H,21,22). The lowest BCUT2D eigenvalue weighted by atomic mass is 10.2. The first kappa shape index (κ1) is 16.7. The first-order valence-electron chi connectivity index (χ1n) is 7.64. The monoisotopic (exact) mass is 316 g/mol. The van der Waals surface area contributed by atoms with Gasteiger partial charge in [0.1, 0.15) is 0 Å². The number of oxazole rings is 1. The van der Waals surface area contributed by atoms with E-state index >= 15 is 0 Å². The average molecular weight is 316 g/mol. The summed E-state index contributed by atoms with van der Waals surface area (Å²) in [6.07, 6.45) is 3.76. The number of hydrogen-bond donors (Lipinski definition) is 2. The van der Waals surface area contributed by atoms with Crippen molar-refractivity contribution in [2.75, 3.05) is 6.54 Å². The molecule has 0 atom stereocenters. The smallest absolute Gasteiger partial charge is 0.303 e. The Morgan fingerprint density at radius 1 is 1.13 bits per heavy atom. The molecule has 0 saturated heterocycles. The van der Waals surface area contributed by atoms with Crippen LogP contribution in [0.2, 0.25) is 0 Å². The third-order valence-corrected chi connectivity index (χ3v) is 3.32. The predicted molar refractivity (Wildman–Crippen MR) is 84.8 cm³/mol. The van der Waals surface area contributed by atoms with Crippen LogP contribution in [0, 0.1) is 0 Å². The number of unbranched alkanes of at least 4 members (excludes halogenated alkanes) is 1. The number of aromatic nitrogens is 1. The number of carboxylic acids is 1. The molecule has 122 valence electrons. The van der Waals surface area contributed by atoms with Crippen LogP contribution in [-0.4, -0.2) is 28.5 Å². The average Bonchev–Trinajstić information content (AvgIpc) is 3.02. The Morgan fingerprint density at radius 3 is 2.65 bits per heavy atom. The van der Waals surface area contributed by atoms with E-state index < -0.39 is 5.97 Å². The van der Waals surface area contributed by atoms with Gasteiger partial charge in [-0.3, -0.25) is 9.59 Å². The summed E-state index contributed by atoms with van der Waals surface area (Å²) in [7, 11) is 0. The fraction of sp³-hybridized carbons (Fsp3) is 0.353. The van der Waals surface area contributed by atoms with E-state index in [1.165, 1.54) is 0 Å². The summed E-state index contributed by atoms with van der Waals surface area (Å²) >= 11 is 0. The zero-order chi connectivity index (χ0) is 16.5. The summed E-state index contributed by atoms with van der Waals surface area (Å²) < 4.78 is 5.63. The van der Waals surface area contributed by atoms with E-state index in [2.05, 4.69) is 10.3 Å². The molecule has 6 heteroatoms. The number of nitrogens with zero attached hydrogens (tertiary/aromatic N) is 1. The Kier molecular flexibility index (Phi) is 6.35. The highest BCUT2D eigenvalue weighted by molar-refractivity contribution is 5.76. The van der Waals surface area contributed by atoms with Gasteiger partial charge in [0.15, 0.2) is 11.7 Å². The van der Waals surface area contributed by atoms with Gasteiger partial charge in [0, 0.05) is 31.4 Å². The molecule has 23 heavy (non-hydrogen) atoms. The van der Waals surface area contributed by atoms with Crippen LogP contribution in [0.4, 0.5) is 0 Å². The summed E-state index contributed by atoms with van der Waals surface area (Å²) in [5.41, 5.74) is 0.953. The molecule has 0 aliphatic rings. The molecular formula is C17H20N2O4. The SMILES string of the molecule is O=C(O)CCCCNC(=O)CCc1ncc(-c2ccccc2)o1. The summed E-state index contributed by atoms with van der Waals surface area (Å²) in [4.78, 5) is 26.2. The van der Waals surface area contributed by atoms with E-state index in [9.17, 15) is 9.59 Å². The fourth-order valence-corrected chi connectivity index (χ4v) is 2.10. The van der Waals surface area contributed by atoms with Gasteiger partial charge >= 0.3 is 5.97 Å². The number of carbonyl (C=O) groups excluding carboxylic acids is 1. The fourth-order valence-electron chi connectivity index (χ4n) is 2.10. The summed E-state index contributed by atoms with van der Waals surface area (Å²) in [5.74, 6) is 0.328. The maximum absolute atomic E-state index is 11.7. The van der Waals surface area contributed by atoms with E-state index in [1.54, 1.807) is 6.20 Å². The van der Waals surface area contributed by atoms with Crippen molar-refractivity contribution in [1.82, 2.24) is 10.3 Å². The highest BCUT2D eigenvalue weighted by Crippen LogP contribution is 2.20. The maximum atomic E-state index is 11.7. The molecule has 6 nitrogen and oxygen atoms in total. The van der Waals surface area contributed by atoms with Crippen molar-refractivity contribution in [3.63, 3.8) is 0 Å². The highest BCUT2D eigenvalue weighted by Gasteiger charge is 2.08. The number of amides is 1. The van der Waals surface area contributed by atoms with Gasteiger partial charge in [-0.15, -0.1) is 0 Å². The Hall–Kier alpha value is -2.63. The van der Waals surface area contributed by atoms with Crippen LogP contribution in [0.1, 0.15) is 31.6 Å². The minimum atomic E-state index is -0.811. The number of carboxylic acid groups (broad SMARTS) is 1. The molecule has 1 amide bonds. The molecule has 0 bridgehead atoms. The van der Waals surface area contributed by atoms with Gasteiger partial charge in [0.05, 0.1) is 6.20 Å². The molecule has 0 aliphatic heterocycles. The van der Waals surface area contributed by atoms with E-state index in [-0.39, 0.29) is 12.3 Å². The largest absolute Gasteiger partial charge is 0.481 e. The summed E-state index contributed by atoms with van der Waals surface area (Å²) in [6, 6.07) is 9.66. The van der Waals surface area contributed by atoms with Crippen molar-refractivity contribution in [3.8, 4) is 11.3 Å². The molecule has 0 fully saturated rings. The van der Waals surface area contributed by atoms with Crippen LogP contribution in [0.3, 0.4) is 0 Å². The molecule has 2 N–H and O–H groups in total. The van der Waals surface area contributed by atoms with Gasteiger partial charge in [-0.05, 0) is 12.8 Å². The number of rotatable bonds is 9. The van der Waals surface area contributed by atoms with Crippen molar-refractivity contribution in [1.29, 1.82) is 0 Å². The molecule has 2 rings (SSSR count). The van der Waals surface area contributed by atoms with Crippen molar-refractivity contribution in [2.24, 2.45) is 0 Å². The van der Waals surface area contributed by atoms with Crippen LogP contribution in [0.15, 0.2) is 40.9 Å². The van der Waals surface area contributed by atoms with Gasteiger partial charge in [-0.2, -0.15) is 0 Å². The normalized spacial score (nSPS) is 10.4. The first-order valence-corrected chi connectivity index (χ1v) is 7.64. The van der Waals surface area contributed by atoms with E-state index in [0.717, 1.165) is 5.56 Å². The Labute approximate surface area is 134 Å². The van der Waals surface area contributed by atoms with Gasteiger partial charge in [-0.1, -0.05) is 30.3 Å². The topological polar surface area (TPSA) is 92.4 Å². The van der Waals surface area contributed by atoms with Crippen LogP contribution in [0.5, 0.6) is 0 Å². The van der Waals surface area contributed by atoms with Crippen LogP contribution in [-0.2, 0) is 16.0 Å². The van der Waals surface area contributed by atoms with E-state index in [0.29, 0.717) is 43.9 Å².